The van der Waals surface area contributed by atoms with Gasteiger partial charge in [-0.25, -0.2) is 12.8 Å². The monoisotopic (exact) mass is 629 g/mol. The number of piperazine rings is 1. The SMILES string of the molecule is COC(=O)CN1CCN2c3ccc(-c4cc(F)cc(OC(F)F)c4)cc3N(S(=O)(=O)c3cccc(C(F)(F)F)c3)C[C@@H]2C1. The van der Waals surface area contributed by atoms with Crippen molar-refractivity contribution in [3.8, 4) is 16.9 Å². The predicted molar refractivity (Wildman–Crippen MR) is 144 cm³/mol. The summed E-state index contributed by atoms with van der Waals surface area (Å²) in [6.07, 6.45) is -4.79. The number of methoxy groups -OCH3 is 1. The van der Waals surface area contributed by atoms with Crippen LogP contribution in [-0.2, 0) is 25.7 Å². The van der Waals surface area contributed by atoms with E-state index < -0.39 is 56.8 Å². The van der Waals surface area contributed by atoms with Crippen molar-refractivity contribution < 1.29 is 49.0 Å². The predicted octanol–water partition coefficient (Wildman–Crippen LogP) is 4.99. The largest absolute Gasteiger partial charge is 0.468 e. The Morgan fingerprint density at radius 3 is 2.44 bits per heavy atom. The number of anilines is 2. The van der Waals surface area contributed by atoms with Crippen LogP contribution in [0.1, 0.15) is 5.56 Å². The molecule has 2 heterocycles. The maximum atomic E-state index is 14.3. The van der Waals surface area contributed by atoms with Crippen molar-refractivity contribution >= 4 is 27.4 Å². The van der Waals surface area contributed by atoms with Gasteiger partial charge in [-0.15, -0.1) is 0 Å². The summed E-state index contributed by atoms with van der Waals surface area (Å²) in [6.45, 7) is -2.35. The minimum atomic E-state index is -4.79. The highest BCUT2D eigenvalue weighted by molar-refractivity contribution is 7.92. The minimum Gasteiger partial charge on any atom is -0.468 e. The highest BCUT2D eigenvalue weighted by atomic mass is 32.2. The zero-order chi connectivity index (χ0) is 31.1. The number of halogens is 6. The number of ether oxygens (including phenoxy) is 2. The molecule has 0 radical (unpaired) electrons. The minimum absolute atomic E-state index is 0.0321. The Morgan fingerprint density at radius 2 is 1.74 bits per heavy atom. The second-order valence-electron chi connectivity index (χ2n) is 9.98. The molecule has 2 aliphatic heterocycles. The quantitative estimate of drug-likeness (QED) is 0.269. The van der Waals surface area contributed by atoms with Crippen molar-refractivity contribution in [2.45, 2.75) is 23.7 Å². The van der Waals surface area contributed by atoms with Gasteiger partial charge in [-0.3, -0.25) is 14.0 Å². The van der Waals surface area contributed by atoms with Crippen LogP contribution in [0, 0.1) is 5.82 Å². The second kappa shape index (κ2) is 11.6. The normalized spacial score (nSPS) is 17.4. The first kappa shape index (κ1) is 30.5. The van der Waals surface area contributed by atoms with E-state index in [-0.39, 0.29) is 36.4 Å². The van der Waals surface area contributed by atoms with Crippen molar-refractivity contribution in [1.82, 2.24) is 4.90 Å². The number of alkyl halides is 5. The lowest BCUT2D eigenvalue weighted by Gasteiger charge is -2.49. The highest BCUT2D eigenvalue weighted by Crippen LogP contribution is 2.43. The lowest BCUT2D eigenvalue weighted by Crippen LogP contribution is -2.61. The van der Waals surface area contributed by atoms with Crippen LogP contribution in [0.5, 0.6) is 5.75 Å². The van der Waals surface area contributed by atoms with Crippen LogP contribution < -0.4 is 13.9 Å². The fraction of sp³-hybridized carbons (Fsp3) is 0.321. The maximum Gasteiger partial charge on any atom is 0.416 e. The van der Waals surface area contributed by atoms with Gasteiger partial charge in [-0.05, 0) is 53.6 Å². The van der Waals surface area contributed by atoms with Crippen molar-refractivity contribution in [1.29, 1.82) is 0 Å². The molecule has 8 nitrogen and oxygen atoms in total. The van der Waals surface area contributed by atoms with Gasteiger partial charge >= 0.3 is 18.8 Å². The van der Waals surface area contributed by atoms with E-state index in [4.69, 9.17) is 4.74 Å². The van der Waals surface area contributed by atoms with Crippen LogP contribution in [-0.4, -0.2) is 71.8 Å². The lowest BCUT2D eigenvalue weighted by molar-refractivity contribution is -0.142. The van der Waals surface area contributed by atoms with Gasteiger partial charge in [-0.1, -0.05) is 12.1 Å². The van der Waals surface area contributed by atoms with E-state index in [9.17, 15) is 39.6 Å². The van der Waals surface area contributed by atoms with E-state index >= 15 is 0 Å². The van der Waals surface area contributed by atoms with Crippen LogP contribution in [0.25, 0.3) is 11.1 Å². The molecular weight excluding hydrogens is 604 g/mol. The third-order valence-corrected chi connectivity index (χ3v) is 9.03. The molecule has 0 N–H and O–H groups in total. The molecule has 2 aliphatic rings. The molecule has 0 bridgehead atoms. The van der Waals surface area contributed by atoms with Crippen molar-refractivity contribution in [3.05, 3.63) is 72.0 Å². The average molecular weight is 630 g/mol. The van der Waals surface area contributed by atoms with Gasteiger partial charge < -0.3 is 14.4 Å². The molecule has 0 unspecified atom stereocenters. The zero-order valence-electron chi connectivity index (χ0n) is 22.5. The summed E-state index contributed by atoms with van der Waals surface area (Å²) < 4.78 is 118. The standard InChI is InChI=1S/C28H25F6N3O5S/c1-41-26(38)16-35-7-8-36-21(14-35)15-37(43(39,40)23-4-2-3-19(12-23)28(32,33)34)25-11-17(5-6-24(25)36)18-9-20(29)13-22(10-18)42-27(30)31/h2-6,9-13,21,27H,7-8,14-16H2,1H3/t21-/m0/s1. The number of benzene rings is 3. The Kier molecular flexibility index (Phi) is 8.22. The molecule has 43 heavy (non-hydrogen) atoms. The van der Waals surface area contributed by atoms with Gasteiger partial charge in [-0.2, -0.15) is 22.0 Å². The molecule has 1 saturated heterocycles. The van der Waals surface area contributed by atoms with E-state index in [0.717, 1.165) is 34.6 Å². The molecule has 1 fully saturated rings. The third-order valence-electron chi connectivity index (χ3n) is 7.26. The van der Waals surface area contributed by atoms with E-state index in [1.807, 2.05) is 4.90 Å². The highest BCUT2D eigenvalue weighted by Gasteiger charge is 2.41. The van der Waals surface area contributed by atoms with E-state index in [1.54, 1.807) is 17.0 Å². The van der Waals surface area contributed by atoms with Crippen molar-refractivity contribution in [3.63, 3.8) is 0 Å². The number of nitrogens with zero attached hydrogens (tertiary/aromatic N) is 3. The van der Waals surface area contributed by atoms with Crippen molar-refractivity contribution in [2.75, 3.05) is 49.0 Å². The van der Waals surface area contributed by atoms with Gasteiger partial charge in [0.1, 0.15) is 11.6 Å². The third kappa shape index (κ3) is 6.37. The first-order valence-corrected chi connectivity index (χ1v) is 14.4. The van der Waals surface area contributed by atoms with Crippen LogP contribution in [0.15, 0.2) is 65.6 Å². The first-order chi connectivity index (χ1) is 20.3. The molecule has 5 rings (SSSR count). The Balaban J connectivity index is 1.61. The van der Waals surface area contributed by atoms with Gasteiger partial charge in [0, 0.05) is 25.7 Å². The number of hydrogen-bond acceptors (Lipinski definition) is 7. The summed E-state index contributed by atoms with van der Waals surface area (Å²) in [5, 5.41) is 0. The smallest absolute Gasteiger partial charge is 0.416 e. The summed E-state index contributed by atoms with van der Waals surface area (Å²) in [4.78, 5) is 15.0. The number of rotatable bonds is 7. The van der Waals surface area contributed by atoms with Crippen LogP contribution in [0.3, 0.4) is 0 Å². The Hall–Kier alpha value is -3.98. The first-order valence-electron chi connectivity index (χ1n) is 12.9. The number of carbonyl (C=O) groups excluding carboxylic acids is 1. The number of hydrogen-bond donors (Lipinski definition) is 0. The molecular formula is C28H25F6N3O5S. The Bertz CT molecular complexity index is 1640. The average Bonchev–Trinajstić information content (AvgIpc) is 2.95. The second-order valence-corrected chi connectivity index (χ2v) is 11.8. The zero-order valence-corrected chi connectivity index (χ0v) is 23.3. The molecule has 3 aromatic carbocycles. The van der Waals surface area contributed by atoms with E-state index in [2.05, 4.69) is 4.74 Å². The molecule has 3 aromatic rings. The molecule has 15 heteroatoms. The van der Waals surface area contributed by atoms with Gasteiger partial charge in [0.2, 0.25) is 0 Å². The summed E-state index contributed by atoms with van der Waals surface area (Å²) in [5.74, 6) is -1.80. The summed E-state index contributed by atoms with van der Waals surface area (Å²) in [7, 11) is -3.34. The molecule has 1 atom stereocenters. The number of carbonyl (C=O) groups is 1. The van der Waals surface area contributed by atoms with Crippen LogP contribution in [0.4, 0.5) is 37.7 Å². The molecule has 0 aromatic heterocycles. The molecule has 0 aliphatic carbocycles. The van der Waals surface area contributed by atoms with Crippen molar-refractivity contribution in [2.24, 2.45) is 0 Å². The molecule has 0 amide bonds. The van der Waals surface area contributed by atoms with E-state index in [0.29, 0.717) is 24.8 Å². The number of fused-ring (bicyclic) bond motifs is 3. The topological polar surface area (TPSA) is 79.4 Å². The summed E-state index contributed by atoms with van der Waals surface area (Å²) in [6, 6.07) is 10.4. The molecule has 0 spiro atoms. The number of esters is 1. The van der Waals surface area contributed by atoms with Gasteiger partial charge in [0.25, 0.3) is 10.0 Å². The van der Waals surface area contributed by atoms with E-state index in [1.165, 1.54) is 19.2 Å². The Labute approximate surface area is 243 Å². The summed E-state index contributed by atoms with van der Waals surface area (Å²) >= 11 is 0. The fourth-order valence-corrected chi connectivity index (χ4v) is 6.86. The van der Waals surface area contributed by atoms with Crippen LogP contribution >= 0.6 is 0 Å². The van der Waals surface area contributed by atoms with Gasteiger partial charge in [0.05, 0.1) is 48.1 Å². The lowest BCUT2D eigenvalue weighted by atomic mass is 10.00. The maximum absolute atomic E-state index is 14.3. The molecule has 230 valence electrons. The van der Waals surface area contributed by atoms with Gasteiger partial charge in [0.15, 0.2) is 0 Å². The van der Waals surface area contributed by atoms with Crippen LogP contribution in [0.2, 0.25) is 0 Å². The number of sulfonamides is 1. The Morgan fingerprint density at radius 1 is 0.977 bits per heavy atom. The summed E-state index contributed by atoms with van der Waals surface area (Å²) in [5.41, 5.74) is -0.236. The molecule has 0 saturated carbocycles. The fourth-order valence-electron chi connectivity index (χ4n) is 5.31.